The summed E-state index contributed by atoms with van der Waals surface area (Å²) < 4.78 is 19.4. The van der Waals surface area contributed by atoms with Crippen LogP contribution in [-0.4, -0.2) is 36.0 Å². The Hall–Kier alpha value is -3.72. The van der Waals surface area contributed by atoms with E-state index < -0.39 is 0 Å². The first-order valence-corrected chi connectivity index (χ1v) is 14.9. The average Bonchev–Trinajstić information content (AvgIpc) is 3.27. The highest BCUT2D eigenvalue weighted by Gasteiger charge is 2.20. The van der Waals surface area contributed by atoms with Crippen LogP contribution in [0.5, 0.6) is 5.75 Å². The molecule has 3 N–H and O–H groups in total. The molecule has 2 aliphatic rings. The number of anilines is 2. The lowest BCUT2D eigenvalue weighted by atomic mass is 10.1. The lowest BCUT2D eigenvalue weighted by molar-refractivity contribution is 0.243. The van der Waals surface area contributed by atoms with Crippen LogP contribution in [-0.2, 0) is 25.7 Å². The molecule has 0 spiro atoms. The van der Waals surface area contributed by atoms with Gasteiger partial charge in [-0.2, -0.15) is 0 Å². The molecular formula is C31H35ClFN7O. The third kappa shape index (κ3) is 5.86. The van der Waals surface area contributed by atoms with Crippen LogP contribution >= 0.6 is 11.6 Å². The standard InChI is InChI=1S/C20H23FN4O.C11H12ClN3/c1-12(2)26-17-10-13(21)8-9-16(17)25-20-18-14-6-4-3-5-7-15(14)24-19(18)22-11-23-20;12-10-9-7-4-2-1-3-5-8(7)15-11(9)14-6-13-10/h8-12H,3-7H2,1-2H3,(H2,22,23,24,25);6H,1-5H2,(H,13,14,15). The summed E-state index contributed by atoms with van der Waals surface area (Å²) >= 11 is 6.12. The van der Waals surface area contributed by atoms with Crippen LogP contribution in [0.4, 0.5) is 15.9 Å². The second kappa shape index (κ2) is 12.0. The van der Waals surface area contributed by atoms with E-state index in [1.54, 1.807) is 12.4 Å². The van der Waals surface area contributed by atoms with Gasteiger partial charge >= 0.3 is 0 Å². The molecule has 5 aromatic rings. The van der Waals surface area contributed by atoms with E-state index in [9.17, 15) is 4.39 Å². The number of ether oxygens (including phenoxy) is 1. The molecule has 10 heteroatoms. The third-order valence-electron chi connectivity index (χ3n) is 7.79. The molecule has 7 rings (SSSR count). The number of halogens is 2. The SMILES string of the molecule is CC(C)Oc1cc(F)ccc1Nc1ncnc2[nH]c3c(c12)CCCCC3.Clc1ncnc2[nH]c3c(c12)CCCCC3. The largest absolute Gasteiger partial charge is 0.489 e. The molecule has 0 amide bonds. The number of aryl methyl sites for hydroxylation is 4. The molecule has 2 aliphatic carbocycles. The van der Waals surface area contributed by atoms with Gasteiger partial charge < -0.3 is 20.0 Å². The number of aromatic amines is 2. The van der Waals surface area contributed by atoms with E-state index in [0.29, 0.717) is 16.6 Å². The van der Waals surface area contributed by atoms with Gasteiger partial charge in [0.2, 0.25) is 0 Å². The molecule has 4 heterocycles. The van der Waals surface area contributed by atoms with Gasteiger partial charge in [0.15, 0.2) is 0 Å². The van der Waals surface area contributed by atoms with Crippen LogP contribution in [0.15, 0.2) is 30.9 Å². The van der Waals surface area contributed by atoms with Crippen LogP contribution in [0.25, 0.3) is 22.1 Å². The lowest BCUT2D eigenvalue weighted by Crippen LogP contribution is -2.08. The minimum absolute atomic E-state index is 0.0497. The number of aromatic nitrogens is 6. The Morgan fingerprint density at radius 3 is 2.10 bits per heavy atom. The highest BCUT2D eigenvalue weighted by Crippen LogP contribution is 2.35. The van der Waals surface area contributed by atoms with Crippen molar-refractivity contribution in [3.63, 3.8) is 0 Å². The molecule has 0 unspecified atom stereocenters. The number of fused-ring (bicyclic) bond motifs is 6. The van der Waals surface area contributed by atoms with E-state index in [0.717, 1.165) is 53.6 Å². The van der Waals surface area contributed by atoms with Gasteiger partial charge in [-0.05, 0) is 88.5 Å². The molecule has 0 atom stereocenters. The topological polar surface area (TPSA) is 104 Å². The number of benzene rings is 1. The Balaban J connectivity index is 0.000000170. The number of rotatable bonds is 4. The van der Waals surface area contributed by atoms with Gasteiger partial charge in [0.05, 0.1) is 22.6 Å². The lowest BCUT2D eigenvalue weighted by Gasteiger charge is -2.16. The van der Waals surface area contributed by atoms with Gasteiger partial charge in [-0.15, -0.1) is 0 Å². The molecule has 1 aromatic carbocycles. The molecule has 0 aliphatic heterocycles. The first-order chi connectivity index (χ1) is 20.0. The summed E-state index contributed by atoms with van der Waals surface area (Å²) in [7, 11) is 0. The number of nitrogens with zero attached hydrogens (tertiary/aromatic N) is 4. The van der Waals surface area contributed by atoms with E-state index in [1.807, 2.05) is 13.8 Å². The summed E-state index contributed by atoms with van der Waals surface area (Å²) in [6.07, 6.45) is 14.7. The normalized spacial score (nSPS) is 15.0. The molecule has 0 saturated carbocycles. The van der Waals surface area contributed by atoms with Gasteiger partial charge in [0, 0.05) is 17.5 Å². The van der Waals surface area contributed by atoms with Gasteiger partial charge in [0.1, 0.15) is 46.5 Å². The molecule has 8 nitrogen and oxygen atoms in total. The highest BCUT2D eigenvalue weighted by molar-refractivity contribution is 6.34. The summed E-state index contributed by atoms with van der Waals surface area (Å²) in [6, 6.07) is 4.51. The number of hydrogen-bond acceptors (Lipinski definition) is 6. The summed E-state index contributed by atoms with van der Waals surface area (Å²) in [5, 5.41) is 5.99. The Morgan fingerprint density at radius 1 is 0.805 bits per heavy atom. The van der Waals surface area contributed by atoms with Crippen molar-refractivity contribution in [3.05, 3.63) is 64.3 Å². The maximum Gasteiger partial charge on any atom is 0.146 e. The van der Waals surface area contributed by atoms with Crippen LogP contribution in [0, 0.1) is 5.82 Å². The van der Waals surface area contributed by atoms with Crippen molar-refractivity contribution in [3.8, 4) is 5.75 Å². The Morgan fingerprint density at radius 2 is 1.41 bits per heavy atom. The van der Waals surface area contributed by atoms with Crippen LogP contribution in [0.3, 0.4) is 0 Å². The zero-order chi connectivity index (χ0) is 28.3. The first-order valence-electron chi connectivity index (χ1n) is 14.6. The van der Waals surface area contributed by atoms with Crippen molar-refractivity contribution in [2.45, 2.75) is 84.2 Å². The zero-order valence-electron chi connectivity index (χ0n) is 23.5. The molecule has 214 valence electrons. The highest BCUT2D eigenvalue weighted by atomic mass is 35.5. The fourth-order valence-electron chi connectivity index (χ4n) is 5.94. The second-order valence-electron chi connectivity index (χ2n) is 11.1. The van der Waals surface area contributed by atoms with Crippen molar-refractivity contribution in [1.29, 1.82) is 0 Å². The quantitative estimate of drug-likeness (QED) is 0.149. The zero-order valence-corrected chi connectivity index (χ0v) is 24.2. The van der Waals surface area contributed by atoms with Crippen molar-refractivity contribution in [2.75, 3.05) is 5.32 Å². The van der Waals surface area contributed by atoms with Crippen LogP contribution in [0.1, 0.15) is 74.9 Å². The molecular weight excluding hydrogens is 541 g/mol. The molecule has 0 bridgehead atoms. The van der Waals surface area contributed by atoms with Gasteiger partial charge in [0.25, 0.3) is 0 Å². The minimum Gasteiger partial charge on any atom is -0.489 e. The van der Waals surface area contributed by atoms with Crippen molar-refractivity contribution < 1.29 is 9.13 Å². The fraction of sp³-hybridized carbons (Fsp3) is 0.419. The van der Waals surface area contributed by atoms with Crippen molar-refractivity contribution in [1.82, 2.24) is 29.9 Å². The average molecular weight is 576 g/mol. The summed E-state index contributed by atoms with van der Waals surface area (Å²) in [6.45, 7) is 3.84. The molecule has 41 heavy (non-hydrogen) atoms. The van der Waals surface area contributed by atoms with Gasteiger partial charge in [-0.25, -0.2) is 24.3 Å². The number of hydrogen-bond donors (Lipinski definition) is 3. The smallest absolute Gasteiger partial charge is 0.146 e. The summed E-state index contributed by atoms with van der Waals surface area (Å²) in [4.78, 5) is 24.0. The Bertz CT molecular complexity index is 1680. The van der Waals surface area contributed by atoms with Crippen molar-refractivity contribution in [2.24, 2.45) is 0 Å². The monoisotopic (exact) mass is 575 g/mol. The minimum atomic E-state index is -0.324. The molecule has 0 fully saturated rings. The van der Waals surface area contributed by atoms with E-state index in [4.69, 9.17) is 16.3 Å². The molecule has 0 radical (unpaired) electrons. The van der Waals surface area contributed by atoms with E-state index in [2.05, 4.69) is 35.2 Å². The van der Waals surface area contributed by atoms with E-state index >= 15 is 0 Å². The van der Waals surface area contributed by atoms with Gasteiger partial charge in [-0.1, -0.05) is 24.4 Å². The fourth-order valence-corrected chi connectivity index (χ4v) is 6.19. The van der Waals surface area contributed by atoms with Gasteiger partial charge in [-0.3, -0.25) is 0 Å². The Kier molecular flexibility index (Phi) is 8.05. The molecule has 4 aromatic heterocycles. The van der Waals surface area contributed by atoms with Crippen LogP contribution in [0.2, 0.25) is 5.15 Å². The van der Waals surface area contributed by atoms with E-state index in [1.165, 1.54) is 79.5 Å². The van der Waals surface area contributed by atoms with Crippen LogP contribution < -0.4 is 10.1 Å². The number of nitrogens with one attached hydrogen (secondary N) is 3. The molecule has 0 saturated heterocycles. The Labute approximate surface area is 243 Å². The van der Waals surface area contributed by atoms with Crippen molar-refractivity contribution >= 4 is 45.2 Å². The summed E-state index contributed by atoms with van der Waals surface area (Å²) in [5.41, 5.74) is 7.65. The maximum atomic E-state index is 13.7. The first kappa shape index (κ1) is 27.4. The third-order valence-corrected chi connectivity index (χ3v) is 8.07. The second-order valence-corrected chi connectivity index (χ2v) is 11.4. The number of H-pyrrole nitrogens is 2. The predicted molar refractivity (Wildman–Crippen MR) is 161 cm³/mol. The van der Waals surface area contributed by atoms with E-state index in [-0.39, 0.29) is 11.9 Å². The predicted octanol–water partition coefficient (Wildman–Crippen LogP) is 7.78. The summed E-state index contributed by atoms with van der Waals surface area (Å²) in [5.74, 6) is 0.887. The maximum absolute atomic E-state index is 13.7.